The first kappa shape index (κ1) is 33.6. The number of carbonyl (C=O) groups excluding carboxylic acids is 2. The smallest absolute Gasteiger partial charge is 0.413 e. The van der Waals surface area contributed by atoms with Gasteiger partial charge in [-0.15, -0.1) is 0 Å². The van der Waals surface area contributed by atoms with Gasteiger partial charge in [0.2, 0.25) is 11.2 Å². The SMILES string of the molecule is CC(C)[C@@](Oc1c2n(ncc1=O)[C@@H]([C@H](c1ccccc1)c1cccc(F)c1F)[C@H]1CCCN1C2=O)(C(=O)O)N(C)C(=O)OC(C)(C)C. The van der Waals surface area contributed by atoms with E-state index in [2.05, 4.69) is 5.10 Å². The molecule has 47 heavy (non-hydrogen) atoms. The maximum atomic E-state index is 15.6. The Morgan fingerprint density at radius 2 is 1.74 bits per heavy atom. The van der Waals surface area contributed by atoms with E-state index in [-0.39, 0.29) is 11.3 Å². The van der Waals surface area contributed by atoms with Gasteiger partial charge in [-0.1, -0.05) is 56.3 Å². The summed E-state index contributed by atoms with van der Waals surface area (Å²) in [6.07, 6.45) is 0.952. The van der Waals surface area contributed by atoms with E-state index < -0.39 is 76.0 Å². The molecule has 4 atom stereocenters. The number of amides is 2. The third kappa shape index (κ3) is 5.83. The predicted octanol–water partition coefficient (Wildman–Crippen LogP) is 5.20. The highest BCUT2D eigenvalue weighted by Crippen LogP contribution is 2.47. The minimum atomic E-state index is -2.51. The number of carbonyl (C=O) groups is 3. The number of carboxylic acid groups (broad SMARTS) is 1. The second-order valence-electron chi connectivity index (χ2n) is 13.2. The molecule has 0 aliphatic carbocycles. The fourth-order valence-corrected chi connectivity index (χ4v) is 6.64. The van der Waals surface area contributed by atoms with Crippen LogP contribution < -0.4 is 10.2 Å². The molecule has 0 radical (unpaired) electrons. The summed E-state index contributed by atoms with van der Waals surface area (Å²) in [4.78, 5) is 56.4. The second-order valence-corrected chi connectivity index (χ2v) is 13.2. The van der Waals surface area contributed by atoms with Crippen molar-refractivity contribution < 1.29 is 37.7 Å². The highest BCUT2D eigenvalue weighted by atomic mass is 19.2. The Bertz CT molecular complexity index is 1760. The molecule has 250 valence electrons. The van der Waals surface area contributed by atoms with Crippen molar-refractivity contribution in [2.45, 2.75) is 76.8 Å². The number of carboxylic acids is 1. The minimum Gasteiger partial charge on any atom is -0.477 e. The molecule has 2 aliphatic rings. The zero-order valence-electron chi connectivity index (χ0n) is 27.1. The Hall–Kier alpha value is -4.81. The van der Waals surface area contributed by atoms with Gasteiger partial charge >= 0.3 is 12.1 Å². The highest BCUT2D eigenvalue weighted by molar-refractivity contribution is 5.96. The maximum Gasteiger partial charge on any atom is 0.413 e. The van der Waals surface area contributed by atoms with E-state index in [0.29, 0.717) is 24.9 Å². The number of halogens is 2. The standard InChI is InChI=1S/C34H38F2N4O7/c1-19(2)34(31(43)44,38(6)32(45)47-33(3,4)5)46-29-24(41)18-37-40-27(23-16-11-17-39(23)30(42)28(29)40)25(20-12-8-7-9-13-20)21-14-10-15-22(35)26(21)36/h7-10,12-15,18-19,23,25,27H,11,16-17H2,1-6H3,(H,43,44)/t23-,25-,27-,34-/m1/s1. The monoisotopic (exact) mass is 652 g/mol. The Morgan fingerprint density at radius 3 is 2.36 bits per heavy atom. The maximum absolute atomic E-state index is 15.6. The summed E-state index contributed by atoms with van der Waals surface area (Å²) >= 11 is 0. The third-order valence-electron chi connectivity index (χ3n) is 8.74. The Kier molecular flexibility index (Phi) is 8.87. The molecule has 0 bridgehead atoms. The van der Waals surface area contributed by atoms with Crippen molar-refractivity contribution in [1.82, 2.24) is 19.6 Å². The molecule has 0 spiro atoms. The van der Waals surface area contributed by atoms with Gasteiger partial charge in [-0.25, -0.2) is 18.4 Å². The van der Waals surface area contributed by atoms with Crippen LogP contribution in [0.4, 0.5) is 13.6 Å². The van der Waals surface area contributed by atoms with Gasteiger partial charge in [0.25, 0.3) is 11.6 Å². The van der Waals surface area contributed by atoms with Gasteiger partial charge in [0.05, 0.1) is 18.3 Å². The first-order valence-electron chi connectivity index (χ1n) is 15.4. The average Bonchev–Trinajstić information content (AvgIpc) is 3.50. The van der Waals surface area contributed by atoms with Crippen LogP contribution in [0.5, 0.6) is 5.75 Å². The number of likely N-dealkylation sites (N-methyl/N-ethyl adjacent to an activating group) is 1. The summed E-state index contributed by atoms with van der Waals surface area (Å²) in [6, 6.07) is 11.3. The number of aliphatic carboxylic acids is 1. The first-order chi connectivity index (χ1) is 22.1. The lowest BCUT2D eigenvalue weighted by molar-refractivity contribution is -0.180. The zero-order valence-corrected chi connectivity index (χ0v) is 27.1. The predicted molar refractivity (Wildman–Crippen MR) is 166 cm³/mol. The van der Waals surface area contributed by atoms with Crippen molar-refractivity contribution >= 4 is 18.0 Å². The molecule has 1 aromatic heterocycles. The number of aromatic nitrogens is 2. The summed E-state index contributed by atoms with van der Waals surface area (Å²) in [7, 11) is 1.17. The van der Waals surface area contributed by atoms with Crippen LogP contribution in [0, 0.1) is 17.6 Å². The lowest BCUT2D eigenvalue weighted by Crippen LogP contribution is -2.64. The molecule has 11 nitrogen and oxygen atoms in total. The van der Waals surface area contributed by atoms with Crippen LogP contribution in [0.15, 0.2) is 59.5 Å². The van der Waals surface area contributed by atoms with Gasteiger partial charge in [0.15, 0.2) is 17.3 Å². The fourth-order valence-electron chi connectivity index (χ4n) is 6.64. The second kappa shape index (κ2) is 12.4. The van der Waals surface area contributed by atoms with Crippen molar-refractivity contribution in [2.24, 2.45) is 5.92 Å². The Labute approximate surface area is 270 Å². The highest BCUT2D eigenvalue weighted by Gasteiger charge is 2.55. The molecule has 2 aliphatic heterocycles. The number of hydrogen-bond acceptors (Lipinski definition) is 7. The van der Waals surface area contributed by atoms with Crippen molar-refractivity contribution in [3.05, 3.63) is 93.4 Å². The molecule has 3 aromatic rings. The van der Waals surface area contributed by atoms with E-state index in [1.165, 1.54) is 42.6 Å². The van der Waals surface area contributed by atoms with Crippen molar-refractivity contribution in [3.63, 3.8) is 0 Å². The number of nitrogens with zero attached hydrogens (tertiary/aromatic N) is 4. The lowest BCUT2D eigenvalue weighted by Gasteiger charge is -2.44. The van der Waals surface area contributed by atoms with E-state index >= 15 is 4.39 Å². The summed E-state index contributed by atoms with van der Waals surface area (Å²) in [5.41, 5.74) is -4.15. The van der Waals surface area contributed by atoms with Gasteiger partial charge in [0, 0.05) is 31.0 Å². The van der Waals surface area contributed by atoms with Crippen molar-refractivity contribution in [1.29, 1.82) is 0 Å². The molecule has 0 saturated carbocycles. The molecule has 2 aromatic carbocycles. The van der Waals surface area contributed by atoms with E-state index in [1.54, 1.807) is 51.1 Å². The van der Waals surface area contributed by atoms with Gasteiger partial charge in [0.1, 0.15) is 5.60 Å². The van der Waals surface area contributed by atoms with E-state index in [1.807, 2.05) is 0 Å². The zero-order chi connectivity index (χ0) is 34.4. The lowest BCUT2D eigenvalue weighted by atomic mass is 9.79. The number of rotatable bonds is 8. The average molecular weight is 653 g/mol. The van der Waals surface area contributed by atoms with E-state index in [4.69, 9.17) is 9.47 Å². The molecule has 13 heteroatoms. The topological polar surface area (TPSA) is 131 Å². The van der Waals surface area contributed by atoms with Gasteiger partial charge < -0.3 is 19.5 Å². The fraction of sp³-hybridized carbons (Fsp3) is 0.441. The quantitative estimate of drug-likeness (QED) is 0.329. The number of hydrogen-bond donors (Lipinski definition) is 1. The van der Waals surface area contributed by atoms with Gasteiger partial charge in [-0.2, -0.15) is 5.10 Å². The minimum absolute atomic E-state index is 0.0167. The van der Waals surface area contributed by atoms with Crippen LogP contribution in [0.3, 0.4) is 0 Å². The summed E-state index contributed by atoms with van der Waals surface area (Å²) < 4.78 is 43.2. The van der Waals surface area contributed by atoms with Crippen LogP contribution in [-0.2, 0) is 9.53 Å². The largest absolute Gasteiger partial charge is 0.477 e. The molecule has 1 fully saturated rings. The Morgan fingerprint density at radius 1 is 1.06 bits per heavy atom. The van der Waals surface area contributed by atoms with E-state index in [0.717, 1.165) is 17.2 Å². The van der Waals surface area contributed by atoms with Crippen LogP contribution in [0.25, 0.3) is 0 Å². The van der Waals surface area contributed by atoms with Crippen LogP contribution in [-0.4, -0.2) is 73.6 Å². The van der Waals surface area contributed by atoms with Crippen LogP contribution in [0.2, 0.25) is 0 Å². The number of ether oxygens (including phenoxy) is 2. The number of fused-ring (bicyclic) bond motifs is 2. The summed E-state index contributed by atoms with van der Waals surface area (Å²) in [6.45, 7) is 8.09. The molecular formula is C34H38F2N4O7. The number of benzene rings is 2. The first-order valence-corrected chi connectivity index (χ1v) is 15.4. The van der Waals surface area contributed by atoms with Gasteiger partial charge in [-0.05, 0) is 45.2 Å². The van der Waals surface area contributed by atoms with Crippen LogP contribution >= 0.6 is 0 Å². The molecular weight excluding hydrogens is 614 g/mol. The van der Waals surface area contributed by atoms with Crippen molar-refractivity contribution in [2.75, 3.05) is 13.6 Å². The van der Waals surface area contributed by atoms with Crippen LogP contribution in [0.1, 0.15) is 81.0 Å². The molecule has 0 unspecified atom stereocenters. The Balaban J connectivity index is 1.76. The molecule has 1 N–H and O–H groups in total. The molecule has 5 rings (SSSR count). The third-order valence-corrected chi connectivity index (χ3v) is 8.74. The van der Waals surface area contributed by atoms with E-state index in [9.17, 15) is 28.7 Å². The molecule has 1 saturated heterocycles. The molecule has 3 heterocycles. The molecule has 2 amide bonds. The normalized spacial score (nSPS) is 19.4. The van der Waals surface area contributed by atoms with Crippen molar-refractivity contribution in [3.8, 4) is 5.75 Å². The summed E-state index contributed by atoms with van der Waals surface area (Å²) in [5, 5.41) is 15.0. The van der Waals surface area contributed by atoms with Gasteiger partial charge in [-0.3, -0.25) is 19.2 Å². The summed E-state index contributed by atoms with van der Waals surface area (Å²) in [5.74, 6) is -6.88.